The van der Waals surface area contributed by atoms with Crippen molar-refractivity contribution in [3.05, 3.63) is 66.5 Å². The average Bonchev–Trinajstić information content (AvgIpc) is 2.73. The van der Waals surface area contributed by atoms with Gasteiger partial charge in [-0.05, 0) is 31.2 Å². The lowest BCUT2D eigenvalue weighted by molar-refractivity contribution is 0.838. The fraction of sp³-hybridized carbons (Fsp3) is 0.100. The number of aromatic nitrogens is 5. The number of nitrogens with two attached hydrogens (primary N) is 1. The largest absolute Gasteiger partial charge is 0.382 e. The third-order valence-electron chi connectivity index (χ3n) is 4.34. The van der Waals surface area contributed by atoms with Crippen LogP contribution in [0.2, 0.25) is 0 Å². The van der Waals surface area contributed by atoms with Gasteiger partial charge in [0.25, 0.3) is 0 Å². The summed E-state index contributed by atoms with van der Waals surface area (Å²) in [5.41, 5.74) is 9.27. The number of fused-ring (bicyclic) bond motifs is 1. The third kappa shape index (κ3) is 3.17. The van der Waals surface area contributed by atoms with Gasteiger partial charge in [0.15, 0.2) is 0 Å². The normalized spacial score (nSPS) is 11.7. The smallest absolute Gasteiger partial charge is 0.150 e. The van der Waals surface area contributed by atoms with E-state index in [9.17, 15) is 5.26 Å². The van der Waals surface area contributed by atoms with Crippen molar-refractivity contribution in [1.29, 1.82) is 5.26 Å². The molecule has 0 unspecified atom stereocenters. The van der Waals surface area contributed by atoms with E-state index >= 15 is 0 Å². The summed E-state index contributed by atoms with van der Waals surface area (Å²) in [6.07, 6.45) is 6.54. The number of nitrogens with zero attached hydrogens (tertiary/aromatic N) is 6. The highest BCUT2D eigenvalue weighted by molar-refractivity contribution is 5.83. The van der Waals surface area contributed by atoms with Crippen LogP contribution in [0, 0.1) is 11.3 Å². The number of nitrogens with one attached hydrogen (secondary N) is 1. The van der Waals surface area contributed by atoms with Crippen LogP contribution in [0.4, 0.5) is 11.6 Å². The van der Waals surface area contributed by atoms with Crippen LogP contribution in [0.5, 0.6) is 0 Å². The molecule has 4 rings (SSSR count). The van der Waals surface area contributed by atoms with Crippen molar-refractivity contribution in [2.24, 2.45) is 0 Å². The van der Waals surface area contributed by atoms with Crippen LogP contribution in [-0.2, 0) is 0 Å². The summed E-state index contributed by atoms with van der Waals surface area (Å²) < 4.78 is 0. The lowest BCUT2D eigenvalue weighted by Crippen LogP contribution is -2.14. The monoisotopic (exact) mass is 368 g/mol. The van der Waals surface area contributed by atoms with Crippen LogP contribution in [0.15, 0.2) is 55.2 Å². The Kier molecular flexibility index (Phi) is 4.48. The van der Waals surface area contributed by atoms with E-state index in [1.807, 2.05) is 43.3 Å². The SMILES string of the molecule is C[C@@H](Nc1ncnc(N)c1C#N)c1nc2ccncc2cc1-c1ccccn1. The Labute approximate surface area is 161 Å². The topological polar surface area (TPSA) is 126 Å². The maximum absolute atomic E-state index is 9.37. The summed E-state index contributed by atoms with van der Waals surface area (Å²) in [4.78, 5) is 21.5. The number of nitriles is 1. The second-order valence-corrected chi connectivity index (χ2v) is 6.16. The van der Waals surface area contributed by atoms with Crippen molar-refractivity contribution in [2.75, 3.05) is 11.1 Å². The Morgan fingerprint density at radius 3 is 2.82 bits per heavy atom. The highest BCUT2D eigenvalue weighted by atomic mass is 15.1. The van der Waals surface area contributed by atoms with Crippen molar-refractivity contribution in [2.45, 2.75) is 13.0 Å². The van der Waals surface area contributed by atoms with Gasteiger partial charge in [-0.3, -0.25) is 9.97 Å². The Hall–Kier alpha value is -4.12. The molecular formula is C20H16N8. The average molecular weight is 368 g/mol. The van der Waals surface area contributed by atoms with Gasteiger partial charge in [0.2, 0.25) is 0 Å². The van der Waals surface area contributed by atoms with Gasteiger partial charge in [0.05, 0.1) is 22.9 Å². The lowest BCUT2D eigenvalue weighted by atomic mass is 10.0. The molecule has 0 aliphatic heterocycles. The highest BCUT2D eigenvalue weighted by Gasteiger charge is 2.19. The Balaban J connectivity index is 1.83. The predicted molar refractivity (Wildman–Crippen MR) is 106 cm³/mol. The van der Waals surface area contributed by atoms with E-state index in [2.05, 4.69) is 25.3 Å². The molecule has 136 valence electrons. The van der Waals surface area contributed by atoms with Crippen molar-refractivity contribution < 1.29 is 0 Å². The van der Waals surface area contributed by atoms with Crippen LogP contribution < -0.4 is 11.1 Å². The van der Waals surface area contributed by atoms with E-state index in [-0.39, 0.29) is 17.4 Å². The summed E-state index contributed by atoms with van der Waals surface area (Å²) in [7, 11) is 0. The summed E-state index contributed by atoms with van der Waals surface area (Å²) in [6.45, 7) is 1.95. The zero-order valence-electron chi connectivity index (χ0n) is 15.0. The molecule has 28 heavy (non-hydrogen) atoms. The standard InChI is InChI=1S/C20H16N8/c1-12(27-20-15(9-21)19(22)25-11-26-20)18-14(17-4-2-3-6-24-17)8-13-10-23-7-5-16(13)28-18/h2-8,10-12H,1H3,(H3,22,25,26,27)/t12-/m1/s1. The molecule has 4 aromatic rings. The summed E-state index contributed by atoms with van der Waals surface area (Å²) in [5.74, 6) is 0.501. The van der Waals surface area contributed by atoms with Gasteiger partial charge in [0, 0.05) is 29.5 Å². The Morgan fingerprint density at radius 2 is 2.04 bits per heavy atom. The zero-order chi connectivity index (χ0) is 19.5. The number of hydrogen-bond acceptors (Lipinski definition) is 8. The van der Waals surface area contributed by atoms with Gasteiger partial charge in [-0.2, -0.15) is 5.26 Å². The molecule has 0 aliphatic carbocycles. The van der Waals surface area contributed by atoms with Crippen molar-refractivity contribution in [3.8, 4) is 17.3 Å². The molecule has 8 heteroatoms. The fourth-order valence-corrected chi connectivity index (χ4v) is 2.98. The molecule has 3 N–H and O–H groups in total. The molecule has 4 heterocycles. The second kappa shape index (κ2) is 7.25. The van der Waals surface area contributed by atoms with Crippen LogP contribution in [-0.4, -0.2) is 24.9 Å². The van der Waals surface area contributed by atoms with Gasteiger partial charge >= 0.3 is 0 Å². The predicted octanol–water partition coefficient (Wildman–Crippen LogP) is 3.11. The first kappa shape index (κ1) is 17.3. The molecule has 0 aliphatic rings. The minimum Gasteiger partial charge on any atom is -0.382 e. The maximum atomic E-state index is 9.37. The summed E-state index contributed by atoms with van der Waals surface area (Å²) in [5, 5.41) is 13.5. The van der Waals surface area contributed by atoms with Gasteiger partial charge in [-0.1, -0.05) is 6.07 Å². The molecule has 0 aromatic carbocycles. The number of rotatable bonds is 4. The van der Waals surface area contributed by atoms with Crippen LogP contribution >= 0.6 is 0 Å². The van der Waals surface area contributed by atoms with Crippen LogP contribution in [0.25, 0.3) is 22.2 Å². The molecule has 0 saturated carbocycles. The molecule has 8 nitrogen and oxygen atoms in total. The maximum Gasteiger partial charge on any atom is 0.150 e. The van der Waals surface area contributed by atoms with Gasteiger partial charge in [-0.25, -0.2) is 15.0 Å². The van der Waals surface area contributed by atoms with Gasteiger partial charge in [-0.15, -0.1) is 0 Å². The minimum atomic E-state index is -0.268. The molecule has 1 atom stereocenters. The van der Waals surface area contributed by atoms with Crippen LogP contribution in [0.3, 0.4) is 0 Å². The molecule has 0 spiro atoms. The molecule has 0 saturated heterocycles. The number of anilines is 2. The summed E-state index contributed by atoms with van der Waals surface area (Å²) >= 11 is 0. The van der Waals surface area contributed by atoms with E-state index in [4.69, 9.17) is 10.7 Å². The van der Waals surface area contributed by atoms with Crippen molar-refractivity contribution in [3.63, 3.8) is 0 Å². The Morgan fingerprint density at radius 1 is 1.14 bits per heavy atom. The van der Waals surface area contributed by atoms with Gasteiger partial charge < -0.3 is 11.1 Å². The first-order valence-corrected chi connectivity index (χ1v) is 8.60. The first-order valence-electron chi connectivity index (χ1n) is 8.60. The van der Waals surface area contributed by atoms with E-state index in [1.165, 1.54) is 6.33 Å². The molecule has 0 bridgehead atoms. The van der Waals surface area contributed by atoms with Crippen molar-refractivity contribution >= 4 is 22.5 Å². The number of nitrogen functional groups attached to an aromatic ring is 1. The van der Waals surface area contributed by atoms with Crippen molar-refractivity contribution in [1.82, 2.24) is 24.9 Å². The minimum absolute atomic E-state index is 0.134. The summed E-state index contributed by atoms with van der Waals surface area (Å²) in [6, 6.07) is 11.4. The molecule has 4 aromatic heterocycles. The fourth-order valence-electron chi connectivity index (χ4n) is 2.98. The molecular weight excluding hydrogens is 352 g/mol. The molecule has 0 radical (unpaired) electrons. The second-order valence-electron chi connectivity index (χ2n) is 6.16. The van der Waals surface area contributed by atoms with E-state index < -0.39 is 0 Å². The Bertz CT molecular complexity index is 1180. The molecule has 0 fully saturated rings. The lowest BCUT2D eigenvalue weighted by Gasteiger charge is -2.19. The third-order valence-corrected chi connectivity index (χ3v) is 4.34. The zero-order valence-corrected chi connectivity index (χ0v) is 15.0. The number of hydrogen-bond donors (Lipinski definition) is 2. The van der Waals surface area contributed by atoms with E-state index in [1.54, 1.807) is 18.6 Å². The van der Waals surface area contributed by atoms with E-state index in [0.29, 0.717) is 5.82 Å². The van der Waals surface area contributed by atoms with E-state index in [0.717, 1.165) is 27.9 Å². The quantitative estimate of drug-likeness (QED) is 0.562. The van der Waals surface area contributed by atoms with Crippen LogP contribution in [0.1, 0.15) is 24.2 Å². The molecule has 0 amide bonds. The first-order chi connectivity index (χ1) is 13.7. The number of pyridine rings is 3. The van der Waals surface area contributed by atoms with Gasteiger partial charge in [0.1, 0.15) is 29.6 Å². The highest BCUT2D eigenvalue weighted by Crippen LogP contribution is 2.31.